The molecule has 0 atom stereocenters. The summed E-state index contributed by atoms with van der Waals surface area (Å²) in [4.78, 5) is 9.84. The number of nitro groups is 1. The van der Waals surface area contributed by atoms with E-state index in [2.05, 4.69) is 5.92 Å². The number of nitriles is 1. The fraction of sp³-hybridized carbons (Fsp3) is 0.100. The number of terminal acetylenes is 1. The lowest BCUT2D eigenvalue weighted by Crippen LogP contribution is -1.97. The van der Waals surface area contributed by atoms with Gasteiger partial charge in [0.1, 0.15) is 24.0 Å². The maximum absolute atomic E-state index is 10.4. The summed E-state index contributed by atoms with van der Waals surface area (Å²) in [5, 5.41) is 19.1. The molecule has 0 spiro atoms. The Kier molecular flexibility index (Phi) is 3.26. The van der Waals surface area contributed by atoms with Crippen molar-refractivity contribution in [2.45, 2.75) is 0 Å². The van der Waals surface area contributed by atoms with Gasteiger partial charge in [0.25, 0.3) is 5.69 Å². The highest BCUT2D eigenvalue weighted by atomic mass is 16.6. The first-order valence-electron chi connectivity index (χ1n) is 3.94. The van der Waals surface area contributed by atoms with Gasteiger partial charge < -0.3 is 4.74 Å². The predicted octanol–water partition coefficient (Wildman–Crippen LogP) is 1.48. The minimum Gasteiger partial charge on any atom is -0.480 e. The van der Waals surface area contributed by atoms with Crippen LogP contribution in [-0.2, 0) is 0 Å². The van der Waals surface area contributed by atoms with Crippen molar-refractivity contribution in [2.24, 2.45) is 0 Å². The highest BCUT2D eigenvalue weighted by Crippen LogP contribution is 2.23. The molecular formula is C10H6N2O3. The van der Waals surface area contributed by atoms with Crippen LogP contribution in [0.5, 0.6) is 5.75 Å². The molecule has 1 rings (SSSR count). The molecule has 1 aromatic carbocycles. The second-order valence-corrected chi connectivity index (χ2v) is 2.54. The molecule has 5 nitrogen and oxygen atoms in total. The van der Waals surface area contributed by atoms with Crippen molar-refractivity contribution >= 4 is 5.69 Å². The maximum atomic E-state index is 10.4. The Labute approximate surface area is 86.0 Å². The van der Waals surface area contributed by atoms with Crippen molar-refractivity contribution in [3.63, 3.8) is 0 Å². The van der Waals surface area contributed by atoms with Crippen LogP contribution >= 0.6 is 0 Å². The summed E-state index contributed by atoms with van der Waals surface area (Å²) >= 11 is 0. The van der Waals surface area contributed by atoms with Gasteiger partial charge in [0.05, 0.1) is 4.92 Å². The zero-order valence-electron chi connectivity index (χ0n) is 7.64. The molecule has 0 aliphatic heterocycles. The molecule has 0 aliphatic rings. The van der Waals surface area contributed by atoms with Gasteiger partial charge >= 0.3 is 0 Å². The molecule has 74 valence electrons. The van der Waals surface area contributed by atoms with Gasteiger partial charge in [-0.3, -0.25) is 10.1 Å². The molecule has 0 saturated carbocycles. The summed E-state index contributed by atoms with van der Waals surface area (Å²) in [6, 6.07) is 5.56. The normalized spacial score (nSPS) is 8.67. The van der Waals surface area contributed by atoms with Crippen LogP contribution in [0.15, 0.2) is 18.2 Å². The highest BCUT2D eigenvalue weighted by Gasteiger charge is 2.10. The number of ether oxygens (including phenoxy) is 1. The second kappa shape index (κ2) is 4.64. The van der Waals surface area contributed by atoms with Crippen molar-refractivity contribution in [1.82, 2.24) is 0 Å². The molecule has 0 saturated heterocycles. The third kappa shape index (κ3) is 2.45. The highest BCUT2D eigenvalue weighted by molar-refractivity contribution is 5.50. The Bertz CT molecular complexity index is 469. The zero-order chi connectivity index (χ0) is 11.3. The summed E-state index contributed by atoms with van der Waals surface area (Å²) in [6.45, 7) is 0.0203. The van der Waals surface area contributed by atoms with Crippen LogP contribution in [0.4, 0.5) is 5.69 Å². The Balaban J connectivity index is 3.06. The van der Waals surface area contributed by atoms with E-state index in [1.165, 1.54) is 12.1 Å². The fourth-order valence-corrected chi connectivity index (χ4v) is 0.964. The Hall–Kier alpha value is -2.53. The third-order valence-electron chi connectivity index (χ3n) is 1.61. The number of benzene rings is 1. The monoisotopic (exact) mass is 202 g/mol. The number of non-ortho nitro benzene ring substituents is 1. The van der Waals surface area contributed by atoms with E-state index in [1.807, 2.05) is 0 Å². The van der Waals surface area contributed by atoms with Crippen molar-refractivity contribution in [3.8, 4) is 24.2 Å². The molecule has 15 heavy (non-hydrogen) atoms. The number of hydrogen-bond acceptors (Lipinski definition) is 4. The van der Waals surface area contributed by atoms with Crippen molar-refractivity contribution in [1.29, 1.82) is 5.26 Å². The first kappa shape index (κ1) is 10.6. The number of hydrogen-bond donors (Lipinski definition) is 0. The molecule has 5 heteroatoms. The minimum absolute atomic E-state index is 0.0203. The van der Waals surface area contributed by atoms with Gasteiger partial charge in [-0.15, -0.1) is 6.42 Å². The van der Waals surface area contributed by atoms with Crippen molar-refractivity contribution in [3.05, 3.63) is 33.9 Å². The number of rotatable bonds is 3. The largest absolute Gasteiger partial charge is 0.480 e. The molecule has 0 aromatic heterocycles. The molecule has 0 bridgehead atoms. The average molecular weight is 202 g/mol. The molecular weight excluding hydrogens is 196 g/mol. The molecule has 1 aromatic rings. The van der Waals surface area contributed by atoms with E-state index in [0.717, 1.165) is 6.07 Å². The van der Waals surface area contributed by atoms with Crippen molar-refractivity contribution < 1.29 is 9.66 Å². The first-order chi connectivity index (χ1) is 7.19. The van der Waals surface area contributed by atoms with Crippen LogP contribution in [0.2, 0.25) is 0 Å². The zero-order valence-corrected chi connectivity index (χ0v) is 7.64. The minimum atomic E-state index is -0.578. The van der Waals surface area contributed by atoms with Crippen molar-refractivity contribution in [2.75, 3.05) is 6.61 Å². The Morgan fingerprint density at radius 2 is 2.33 bits per heavy atom. The van der Waals surface area contributed by atoms with Gasteiger partial charge in [-0.2, -0.15) is 5.26 Å². The smallest absolute Gasteiger partial charge is 0.271 e. The third-order valence-corrected chi connectivity index (χ3v) is 1.61. The summed E-state index contributed by atoms with van der Waals surface area (Å²) in [5.41, 5.74) is -0.0564. The van der Waals surface area contributed by atoms with Crippen LogP contribution in [0.1, 0.15) is 5.56 Å². The molecule has 0 aliphatic carbocycles. The number of nitro benzene ring substituents is 1. The van der Waals surface area contributed by atoms with E-state index >= 15 is 0 Å². The summed E-state index contributed by atoms with van der Waals surface area (Å²) in [5.74, 6) is 2.49. The molecule has 0 amide bonds. The molecule has 0 fully saturated rings. The molecule has 0 unspecified atom stereocenters. The maximum Gasteiger partial charge on any atom is 0.271 e. The average Bonchev–Trinajstić information content (AvgIpc) is 2.25. The Morgan fingerprint density at radius 1 is 1.60 bits per heavy atom. The van der Waals surface area contributed by atoms with Gasteiger partial charge in [-0.25, -0.2) is 0 Å². The second-order valence-electron chi connectivity index (χ2n) is 2.54. The lowest BCUT2D eigenvalue weighted by atomic mass is 10.2. The number of nitrogens with zero attached hydrogens (tertiary/aromatic N) is 2. The first-order valence-corrected chi connectivity index (χ1v) is 3.94. The van der Waals surface area contributed by atoms with Gasteiger partial charge in [0.2, 0.25) is 0 Å². The summed E-state index contributed by atoms with van der Waals surface area (Å²) in [7, 11) is 0. The molecule has 0 heterocycles. The SMILES string of the molecule is C#CCOc1ccc([N+](=O)[O-])cc1C#N. The van der Waals surface area contributed by atoms with Crippen LogP contribution in [-0.4, -0.2) is 11.5 Å². The van der Waals surface area contributed by atoms with E-state index in [1.54, 1.807) is 6.07 Å². The van der Waals surface area contributed by atoms with E-state index < -0.39 is 4.92 Å². The van der Waals surface area contributed by atoms with Gasteiger partial charge in [-0.1, -0.05) is 5.92 Å². The summed E-state index contributed by atoms with van der Waals surface area (Å²) < 4.78 is 5.03. The summed E-state index contributed by atoms with van der Waals surface area (Å²) in [6.07, 6.45) is 4.98. The van der Waals surface area contributed by atoms with Crippen LogP contribution < -0.4 is 4.74 Å². The van der Waals surface area contributed by atoms with Gasteiger partial charge in [0.15, 0.2) is 0 Å². The topological polar surface area (TPSA) is 76.2 Å². The van der Waals surface area contributed by atoms with E-state index in [0.29, 0.717) is 0 Å². The predicted molar refractivity (Wildman–Crippen MR) is 52.1 cm³/mol. The Morgan fingerprint density at radius 3 is 2.87 bits per heavy atom. The van der Waals surface area contributed by atoms with E-state index in [-0.39, 0.29) is 23.6 Å². The van der Waals surface area contributed by atoms with Crippen LogP contribution in [0, 0.1) is 33.8 Å². The molecule has 0 radical (unpaired) electrons. The van der Waals surface area contributed by atoms with E-state index in [9.17, 15) is 10.1 Å². The quantitative estimate of drug-likeness (QED) is 0.422. The standard InChI is InChI=1S/C10H6N2O3/c1-2-5-15-10-4-3-9(12(13)14)6-8(10)7-11/h1,3-4,6H,5H2. The lowest BCUT2D eigenvalue weighted by molar-refractivity contribution is -0.384. The molecule has 0 N–H and O–H groups in total. The lowest BCUT2D eigenvalue weighted by Gasteiger charge is -2.03. The van der Waals surface area contributed by atoms with Crippen LogP contribution in [0.25, 0.3) is 0 Å². The van der Waals surface area contributed by atoms with E-state index in [4.69, 9.17) is 16.4 Å². The van der Waals surface area contributed by atoms with Gasteiger partial charge in [0, 0.05) is 12.1 Å². The fourth-order valence-electron chi connectivity index (χ4n) is 0.964. The van der Waals surface area contributed by atoms with Gasteiger partial charge in [-0.05, 0) is 6.07 Å². The van der Waals surface area contributed by atoms with Crippen LogP contribution in [0.3, 0.4) is 0 Å².